The Morgan fingerprint density at radius 2 is 1.59 bits per heavy atom. The molecule has 0 amide bonds. The van der Waals surface area contributed by atoms with Crippen molar-refractivity contribution in [2.24, 2.45) is 0 Å². The number of rotatable bonds is 1. The zero-order valence-electron chi connectivity index (χ0n) is 7.90. The molecule has 0 aliphatic heterocycles. The van der Waals surface area contributed by atoms with Crippen molar-refractivity contribution < 1.29 is 9.52 Å². The topological polar surface area (TPSA) is 33.4 Å². The molecular formula is C10H3Br5O2. The summed E-state index contributed by atoms with van der Waals surface area (Å²) >= 11 is 16.7. The lowest BCUT2D eigenvalue weighted by molar-refractivity contribution is 0.469. The predicted octanol–water partition coefficient (Wildman–Crippen LogP) is 6.46. The number of aromatic hydroxyl groups is 1. The maximum absolute atomic E-state index is 10.0. The summed E-state index contributed by atoms with van der Waals surface area (Å²) in [5.74, 6) is 0.672. The number of halogens is 5. The molecule has 0 radical (unpaired) electrons. The Morgan fingerprint density at radius 3 is 2.12 bits per heavy atom. The Morgan fingerprint density at radius 1 is 0.941 bits per heavy atom. The van der Waals surface area contributed by atoms with Crippen molar-refractivity contribution in [3.63, 3.8) is 0 Å². The van der Waals surface area contributed by atoms with E-state index in [2.05, 4.69) is 79.6 Å². The highest BCUT2D eigenvalue weighted by atomic mass is 79.9. The molecule has 0 saturated heterocycles. The minimum absolute atomic E-state index is 0.127. The lowest BCUT2D eigenvalue weighted by Crippen LogP contribution is -1.80. The van der Waals surface area contributed by atoms with E-state index >= 15 is 0 Å². The van der Waals surface area contributed by atoms with Gasteiger partial charge >= 0.3 is 0 Å². The first-order chi connectivity index (χ1) is 7.91. The first-order valence-corrected chi connectivity index (χ1v) is 8.20. The molecule has 0 atom stereocenters. The maximum atomic E-state index is 10.0. The van der Waals surface area contributed by atoms with Crippen molar-refractivity contribution >= 4 is 79.6 Å². The summed E-state index contributed by atoms with van der Waals surface area (Å²) in [5.41, 5.74) is 0.588. The van der Waals surface area contributed by atoms with E-state index in [4.69, 9.17) is 4.42 Å². The van der Waals surface area contributed by atoms with Crippen LogP contribution in [-0.2, 0) is 0 Å². The predicted molar refractivity (Wildman–Crippen MR) is 84.3 cm³/mol. The van der Waals surface area contributed by atoms with Gasteiger partial charge in [-0.15, -0.1) is 0 Å². The van der Waals surface area contributed by atoms with E-state index in [1.807, 2.05) is 0 Å². The zero-order chi connectivity index (χ0) is 12.7. The van der Waals surface area contributed by atoms with Crippen molar-refractivity contribution in [1.29, 1.82) is 0 Å². The fourth-order valence-electron chi connectivity index (χ4n) is 1.28. The fourth-order valence-corrected chi connectivity index (χ4v) is 3.86. The number of furan rings is 1. The monoisotopic (exact) mass is 550 g/mol. The fraction of sp³-hybridized carbons (Fsp3) is 0. The van der Waals surface area contributed by atoms with Crippen molar-refractivity contribution in [1.82, 2.24) is 0 Å². The second-order valence-corrected chi connectivity index (χ2v) is 7.19. The Hall–Kier alpha value is 0.700. The molecule has 1 heterocycles. The van der Waals surface area contributed by atoms with Gasteiger partial charge in [0.15, 0.2) is 10.4 Å². The Balaban J connectivity index is 2.72. The Bertz CT molecular complexity index is 591. The molecule has 0 spiro atoms. The van der Waals surface area contributed by atoms with Gasteiger partial charge in [-0.2, -0.15) is 0 Å². The van der Waals surface area contributed by atoms with Gasteiger partial charge in [0.1, 0.15) is 5.75 Å². The molecule has 2 nitrogen and oxygen atoms in total. The molecular weight excluding hydrogens is 552 g/mol. The van der Waals surface area contributed by atoms with Gasteiger partial charge < -0.3 is 9.52 Å². The number of phenolic OH excluding ortho intramolecular Hbond substituents is 1. The highest BCUT2D eigenvalue weighted by Crippen LogP contribution is 2.46. The molecule has 0 aliphatic carbocycles. The van der Waals surface area contributed by atoms with Gasteiger partial charge in [0, 0.05) is 4.47 Å². The summed E-state index contributed by atoms with van der Waals surface area (Å²) in [5, 5.41) is 10.0. The first kappa shape index (κ1) is 14.1. The molecule has 17 heavy (non-hydrogen) atoms. The SMILES string of the molecule is Oc1c(Br)cc(Br)cc1-c1oc(Br)c(Br)c1Br. The van der Waals surface area contributed by atoms with E-state index in [1.165, 1.54) is 0 Å². The van der Waals surface area contributed by atoms with Crippen LogP contribution in [0.25, 0.3) is 11.3 Å². The van der Waals surface area contributed by atoms with Gasteiger partial charge in [0.25, 0.3) is 0 Å². The van der Waals surface area contributed by atoms with Crippen LogP contribution in [0.2, 0.25) is 0 Å². The highest BCUT2D eigenvalue weighted by Gasteiger charge is 2.20. The summed E-state index contributed by atoms with van der Waals surface area (Å²) in [7, 11) is 0. The molecule has 2 rings (SSSR count). The van der Waals surface area contributed by atoms with Gasteiger partial charge in [-0.25, -0.2) is 0 Å². The maximum Gasteiger partial charge on any atom is 0.185 e. The summed E-state index contributed by atoms with van der Waals surface area (Å²) in [6, 6.07) is 3.54. The third-order valence-corrected chi connectivity index (χ3v) is 6.23. The van der Waals surface area contributed by atoms with Gasteiger partial charge in [0.2, 0.25) is 0 Å². The van der Waals surface area contributed by atoms with Crippen molar-refractivity contribution in [2.75, 3.05) is 0 Å². The van der Waals surface area contributed by atoms with Gasteiger partial charge in [0.05, 0.1) is 19.0 Å². The van der Waals surface area contributed by atoms with Crippen LogP contribution in [-0.4, -0.2) is 5.11 Å². The van der Waals surface area contributed by atoms with E-state index in [9.17, 15) is 5.11 Å². The summed E-state index contributed by atoms with van der Waals surface area (Å²) in [6.07, 6.45) is 0. The lowest BCUT2D eigenvalue weighted by Gasteiger charge is -2.05. The van der Waals surface area contributed by atoms with Crippen LogP contribution >= 0.6 is 79.6 Å². The van der Waals surface area contributed by atoms with E-state index < -0.39 is 0 Å². The minimum atomic E-state index is 0.127. The molecule has 0 saturated carbocycles. The van der Waals surface area contributed by atoms with Crippen LogP contribution in [0.3, 0.4) is 0 Å². The molecule has 0 fully saturated rings. The third kappa shape index (κ3) is 2.68. The quantitative estimate of drug-likeness (QED) is 0.439. The van der Waals surface area contributed by atoms with Gasteiger partial charge in [-0.1, -0.05) is 15.9 Å². The second kappa shape index (κ2) is 5.36. The third-order valence-electron chi connectivity index (χ3n) is 2.03. The van der Waals surface area contributed by atoms with Crippen LogP contribution in [0.15, 0.2) is 39.1 Å². The van der Waals surface area contributed by atoms with Crippen molar-refractivity contribution in [3.8, 4) is 17.1 Å². The molecule has 0 unspecified atom stereocenters. The highest BCUT2D eigenvalue weighted by molar-refractivity contribution is 9.14. The van der Waals surface area contributed by atoms with E-state index in [1.54, 1.807) is 12.1 Å². The first-order valence-electron chi connectivity index (χ1n) is 4.23. The molecule has 1 aromatic heterocycles. The van der Waals surface area contributed by atoms with Crippen molar-refractivity contribution in [3.05, 3.63) is 34.7 Å². The van der Waals surface area contributed by atoms with Gasteiger partial charge in [-0.05, 0) is 75.9 Å². The van der Waals surface area contributed by atoms with Crippen LogP contribution < -0.4 is 0 Å². The normalized spacial score (nSPS) is 10.9. The molecule has 1 aromatic carbocycles. The number of hydrogen-bond acceptors (Lipinski definition) is 2. The number of benzene rings is 1. The van der Waals surface area contributed by atoms with Crippen LogP contribution in [0, 0.1) is 0 Å². The largest absolute Gasteiger partial charge is 0.506 e. The van der Waals surface area contributed by atoms with Crippen LogP contribution in [0.1, 0.15) is 0 Å². The minimum Gasteiger partial charge on any atom is -0.506 e. The summed E-state index contributed by atoms with van der Waals surface area (Å²) in [4.78, 5) is 0. The van der Waals surface area contributed by atoms with Gasteiger partial charge in [-0.3, -0.25) is 0 Å². The average molecular weight is 555 g/mol. The number of phenols is 1. The van der Waals surface area contributed by atoms with E-state index in [0.717, 1.165) is 13.4 Å². The second-order valence-electron chi connectivity index (χ2n) is 3.12. The average Bonchev–Trinajstić information content (AvgIpc) is 2.51. The smallest absolute Gasteiger partial charge is 0.185 e. The van der Waals surface area contributed by atoms with E-state index in [-0.39, 0.29) is 5.75 Å². The molecule has 2 aromatic rings. The summed E-state index contributed by atoms with van der Waals surface area (Å²) in [6.45, 7) is 0. The van der Waals surface area contributed by atoms with Crippen LogP contribution in [0.5, 0.6) is 5.75 Å². The molecule has 7 heteroatoms. The molecule has 90 valence electrons. The van der Waals surface area contributed by atoms with Crippen LogP contribution in [0.4, 0.5) is 0 Å². The number of hydrogen-bond donors (Lipinski definition) is 1. The molecule has 1 N–H and O–H groups in total. The lowest BCUT2D eigenvalue weighted by atomic mass is 10.1. The standard InChI is InChI=1S/C10H3Br5O2/c11-3-1-4(8(16)5(12)2-3)9-6(13)7(14)10(15)17-9/h1-2,16H. The Kier molecular flexibility index (Phi) is 4.45. The van der Waals surface area contributed by atoms with E-state index in [0.29, 0.717) is 20.5 Å². The molecule has 0 bridgehead atoms. The Labute approximate surface area is 139 Å². The summed E-state index contributed by atoms with van der Waals surface area (Å²) < 4.78 is 9.05. The zero-order valence-corrected chi connectivity index (χ0v) is 15.8. The van der Waals surface area contributed by atoms with Crippen molar-refractivity contribution in [2.45, 2.75) is 0 Å². The molecule has 0 aliphatic rings.